The lowest BCUT2D eigenvalue weighted by molar-refractivity contribution is -0.120. The minimum atomic E-state index is -0.229. The first-order chi connectivity index (χ1) is 13.5. The van der Waals surface area contributed by atoms with Crippen LogP contribution in [0.1, 0.15) is 38.2 Å². The number of likely N-dealkylation sites (tertiary alicyclic amines) is 1. The minimum Gasteiger partial charge on any atom is -0.308 e. The van der Waals surface area contributed by atoms with Crippen molar-refractivity contribution in [3.8, 4) is 0 Å². The maximum absolute atomic E-state index is 13.6. The number of amides is 1. The third-order valence-corrected chi connectivity index (χ3v) is 6.86. The molecule has 5 heteroatoms. The zero-order valence-corrected chi connectivity index (χ0v) is 17.2. The Labute approximate surface area is 171 Å². The summed E-state index contributed by atoms with van der Waals surface area (Å²) in [7, 11) is 0. The third-order valence-electron chi connectivity index (χ3n) is 6.45. The van der Waals surface area contributed by atoms with Gasteiger partial charge in [0.05, 0.1) is 6.54 Å². The molecule has 0 N–H and O–H groups in total. The fourth-order valence-electron chi connectivity index (χ4n) is 4.85. The molecule has 2 aliphatic heterocycles. The van der Waals surface area contributed by atoms with Crippen molar-refractivity contribution >= 4 is 23.2 Å². The van der Waals surface area contributed by atoms with Crippen LogP contribution in [0.25, 0.3) is 0 Å². The second kappa shape index (κ2) is 8.38. The van der Waals surface area contributed by atoms with E-state index in [0.717, 1.165) is 61.5 Å². The van der Waals surface area contributed by atoms with Gasteiger partial charge in [-0.3, -0.25) is 9.69 Å². The lowest BCUT2D eigenvalue weighted by Crippen LogP contribution is -2.48. The monoisotopic (exact) mass is 402 g/mol. The van der Waals surface area contributed by atoms with E-state index in [9.17, 15) is 9.18 Å². The maximum Gasteiger partial charge on any atom is 0.241 e. The predicted molar refractivity (Wildman–Crippen MR) is 112 cm³/mol. The van der Waals surface area contributed by atoms with E-state index in [1.54, 1.807) is 12.1 Å². The van der Waals surface area contributed by atoms with Crippen LogP contribution in [0.3, 0.4) is 0 Å². The number of rotatable bonds is 3. The van der Waals surface area contributed by atoms with E-state index < -0.39 is 0 Å². The average molecular weight is 403 g/mol. The Balaban J connectivity index is 1.38. The van der Waals surface area contributed by atoms with Crippen molar-refractivity contribution in [2.24, 2.45) is 11.8 Å². The predicted octanol–water partition coefficient (Wildman–Crippen LogP) is 4.90. The summed E-state index contributed by atoms with van der Waals surface area (Å²) < 4.78 is 13.6. The zero-order chi connectivity index (χ0) is 19.7. The first-order valence-electron chi connectivity index (χ1n) is 10.4. The van der Waals surface area contributed by atoms with E-state index in [0.29, 0.717) is 18.4 Å². The molecule has 3 aliphatic rings. The van der Waals surface area contributed by atoms with Crippen LogP contribution in [0.15, 0.2) is 41.5 Å². The summed E-state index contributed by atoms with van der Waals surface area (Å²) in [6, 6.07) is 4.94. The van der Waals surface area contributed by atoms with Crippen LogP contribution >= 0.6 is 11.6 Å². The van der Waals surface area contributed by atoms with E-state index in [-0.39, 0.29) is 17.8 Å². The first kappa shape index (κ1) is 19.7. The molecule has 28 heavy (non-hydrogen) atoms. The van der Waals surface area contributed by atoms with Crippen LogP contribution in [0.2, 0.25) is 0 Å². The normalized spacial score (nSPS) is 26.1. The first-order valence-corrected chi connectivity index (χ1v) is 10.8. The lowest BCUT2D eigenvalue weighted by Gasteiger charge is -2.39. The average Bonchev–Trinajstić information content (AvgIpc) is 2.69. The van der Waals surface area contributed by atoms with Gasteiger partial charge in [0.1, 0.15) is 5.82 Å². The quantitative estimate of drug-likeness (QED) is 0.671. The number of halogens is 2. The van der Waals surface area contributed by atoms with Crippen LogP contribution < -0.4 is 4.90 Å². The summed E-state index contributed by atoms with van der Waals surface area (Å²) in [5.74, 6) is 0.794. The SMILES string of the molecule is CC1CCc2cc(F)ccc2N1C(=O)CN1CCC(C2C=CCC=C2Cl)CC1. The van der Waals surface area contributed by atoms with Crippen molar-refractivity contribution in [1.82, 2.24) is 4.90 Å². The Morgan fingerprint density at radius 3 is 2.79 bits per heavy atom. The lowest BCUT2D eigenvalue weighted by atomic mass is 9.82. The van der Waals surface area contributed by atoms with Gasteiger partial charge in [0, 0.05) is 22.7 Å². The van der Waals surface area contributed by atoms with Gasteiger partial charge < -0.3 is 4.90 Å². The summed E-state index contributed by atoms with van der Waals surface area (Å²) in [5, 5.41) is 0.975. The Morgan fingerprint density at radius 2 is 2.04 bits per heavy atom. The van der Waals surface area contributed by atoms with Gasteiger partial charge in [-0.05, 0) is 81.8 Å². The van der Waals surface area contributed by atoms with E-state index in [2.05, 4.69) is 30.1 Å². The standard InChI is InChI=1S/C23H28ClFN2O/c1-16-6-7-18-14-19(25)8-9-22(18)27(16)23(28)15-26-12-10-17(11-13-26)20-4-2-3-5-21(20)24/h2,4-5,8-9,14,16-17,20H,3,6-7,10-13,15H2,1H3. The molecule has 2 atom stereocenters. The highest BCUT2D eigenvalue weighted by Crippen LogP contribution is 2.36. The molecule has 0 spiro atoms. The van der Waals surface area contributed by atoms with Gasteiger partial charge in [-0.25, -0.2) is 4.39 Å². The number of carbonyl (C=O) groups excluding carboxylic acids is 1. The number of nitrogens with zero attached hydrogens (tertiary/aromatic N) is 2. The smallest absolute Gasteiger partial charge is 0.241 e. The summed E-state index contributed by atoms with van der Waals surface area (Å²) in [6.45, 7) is 4.35. The van der Waals surface area contributed by atoms with Crippen molar-refractivity contribution in [3.63, 3.8) is 0 Å². The summed E-state index contributed by atoms with van der Waals surface area (Å²) in [6.07, 6.45) is 11.3. The Kier molecular flexibility index (Phi) is 5.88. The van der Waals surface area contributed by atoms with E-state index in [1.165, 1.54) is 6.07 Å². The summed E-state index contributed by atoms with van der Waals surface area (Å²) in [4.78, 5) is 17.2. The molecule has 1 fully saturated rings. The zero-order valence-electron chi connectivity index (χ0n) is 16.4. The second-order valence-electron chi connectivity index (χ2n) is 8.32. The van der Waals surface area contributed by atoms with Crippen LogP contribution in [-0.4, -0.2) is 36.5 Å². The molecular weight excluding hydrogens is 375 g/mol. The van der Waals surface area contributed by atoms with E-state index in [1.807, 2.05) is 4.90 Å². The highest BCUT2D eigenvalue weighted by molar-refractivity contribution is 6.30. The number of aryl methyl sites for hydroxylation is 1. The number of anilines is 1. The van der Waals surface area contributed by atoms with E-state index in [4.69, 9.17) is 11.6 Å². The Morgan fingerprint density at radius 1 is 1.25 bits per heavy atom. The number of benzene rings is 1. The number of carbonyl (C=O) groups is 1. The van der Waals surface area contributed by atoms with Crippen LogP contribution in [0, 0.1) is 17.7 Å². The molecule has 3 nitrogen and oxygen atoms in total. The molecule has 0 bridgehead atoms. The van der Waals surface area contributed by atoms with Crippen molar-refractivity contribution in [1.29, 1.82) is 0 Å². The van der Waals surface area contributed by atoms with E-state index >= 15 is 0 Å². The fraction of sp³-hybridized carbons (Fsp3) is 0.522. The molecule has 150 valence electrons. The molecule has 1 aromatic rings. The molecule has 0 saturated carbocycles. The molecule has 2 heterocycles. The van der Waals surface area contributed by atoms with Crippen molar-refractivity contribution in [2.45, 2.75) is 45.1 Å². The van der Waals surface area contributed by atoms with Crippen molar-refractivity contribution in [2.75, 3.05) is 24.5 Å². The number of allylic oxidation sites excluding steroid dienone is 4. The number of fused-ring (bicyclic) bond motifs is 1. The van der Waals surface area contributed by atoms with Gasteiger partial charge in [0.15, 0.2) is 0 Å². The van der Waals surface area contributed by atoms with Crippen molar-refractivity contribution in [3.05, 3.63) is 52.8 Å². The largest absolute Gasteiger partial charge is 0.308 e. The number of hydrogen-bond acceptors (Lipinski definition) is 2. The van der Waals surface area contributed by atoms with Gasteiger partial charge in [-0.2, -0.15) is 0 Å². The second-order valence-corrected chi connectivity index (χ2v) is 8.75. The molecule has 0 aromatic heterocycles. The van der Waals surface area contributed by atoms with Gasteiger partial charge in [0.2, 0.25) is 5.91 Å². The van der Waals surface area contributed by atoms with Gasteiger partial charge in [-0.1, -0.05) is 29.8 Å². The Bertz CT molecular complexity index is 798. The Hall–Kier alpha value is -1.65. The van der Waals surface area contributed by atoms with Crippen LogP contribution in [0.5, 0.6) is 0 Å². The van der Waals surface area contributed by atoms with Gasteiger partial charge >= 0.3 is 0 Å². The van der Waals surface area contributed by atoms with Gasteiger partial charge in [-0.15, -0.1) is 0 Å². The summed E-state index contributed by atoms with van der Waals surface area (Å²) >= 11 is 6.42. The van der Waals surface area contributed by atoms with Crippen LogP contribution in [-0.2, 0) is 11.2 Å². The molecule has 1 aliphatic carbocycles. The molecular formula is C23H28ClFN2O. The molecule has 1 aromatic carbocycles. The third kappa shape index (κ3) is 4.04. The highest BCUT2D eigenvalue weighted by atomic mass is 35.5. The number of hydrogen-bond donors (Lipinski definition) is 0. The highest BCUT2D eigenvalue weighted by Gasteiger charge is 2.32. The molecule has 1 saturated heterocycles. The minimum absolute atomic E-state index is 0.119. The maximum atomic E-state index is 13.6. The summed E-state index contributed by atoms with van der Waals surface area (Å²) in [5.41, 5.74) is 1.82. The number of piperidine rings is 1. The molecule has 1 amide bonds. The molecule has 2 unspecified atom stereocenters. The topological polar surface area (TPSA) is 23.6 Å². The molecule has 4 rings (SSSR count). The van der Waals surface area contributed by atoms with Gasteiger partial charge in [0.25, 0.3) is 0 Å². The van der Waals surface area contributed by atoms with Crippen molar-refractivity contribution < 1.29 is 9.18 Å². The fourth-order valence-corrected chi connectivity index (χ4v) is 5.19. The van der Waals surface area contributed by atoms with Crippen LogP contribution in [0.4, 0.5) is 10.1 Å². The molecule has 0 radical (unpaired) electrons.